The number of halogens is 3. The molecule has 14 heteroatoms. The Balaban J connectivity index is 1.45. The third-order valence-corrected chi connectivity index (χ3v) is 6.24. The predicted molar refractivity (Wildman–Crippen MR) is 130 cm³/mol. The van der Waals surface area contributed by atoms with Crippen molar-refractivity contribution in [1.82, 2.24) is 15.4 Å². The van der Waals surface area contributed by atoms with Crippen LogP contribution in [0.15, 0.2) is 34.9 Å². The zero-order chi connectivity index (χ0) is 29.0. The number of hydrogen-bond donors (Lipinski definition) is 2. The molecule has 0 radical (unpaired) electrons. The molecule has 40 heavy (non-hydrogen) atoms. The zero-order valence-electron chi connectivity index (χ0n) is 21.1. The molecule has 2 amide bonds. The minimum Gasteiger partial charge on any atom is -0.481 e. The van der Waals surface area contributed by atoms with Gasteiger partial charge in [-0.05, 0) is 30.7 Å². The summed E-state index contributed by atoms with van der Waals surface area (Å²) in [5.74, 6) is -10.2. The fourth-order valence-electron chi connectivity index (χ4n) is 4.12. The first kappa shape index (κ1) is 28.5. The number of carboxylic acid groups (broad SMARTS) is 1. The Morgan fingerprint density at radius 1 is 1.20 bits per heavy atom. The van der Waals surface area contributed by atoms with Crippen LogP contribution in [-0.2, 0) is 19.1 Å². The lowest BCUT2D eigenvalue weighted by molar-refractivity contribution is -0.141. The lowest BCUT2D eigenvalue weighted by Gasteiger charge is -2.24. The highest BCUT2D eigenvalue weighted by atomic mass is 19.2. The van der Waals surface area contributed by atoms with E-state index in [4.69, 9.17) is 14.0 Å². The minimum absolute atomic E-state index is 0.0415. The molecule has 1 fully saturated rings. The van der Waals surface area contributed by atoms with Crippen LogP contribution in [0, 0.1) is 30.3 Å². The summed E-state index contributed by atoms with van der Waals surface area (Å²) in [7, 11) is 0. The number of ketones is 1. The predicted octanol–water partition coefficient (Wildman–Crippen LogP) is 2.25. The first-order valence-electron chi connectivity index (χ1n) is 12.1. The topological polar surface area (TPSA) is 148 Å². The van der Waals surface area contributed by atoms with Crippen molar-refractivity contribution in [3.8, 4) is 5.75 Å². The van der Waals surface area contributed by atoms with Gasteiger partial charge >= 0.3 is 5.97 Å². The fraction of sp³-hybridized carbons (Fsp3) is 0.346. The van der Waals surface area contributed by atoms with Crippen molar-refractivity contribution in [2.75, 3.05) is 32.9 Å². The van der Waals surface area contributed by atoms with Crippen LogP contribution in [0.4, 0.5) is 13.2 Å². The first-order chi connectivity index (χ1) is 19.1. The summed E-state index contributed by atoms with van der Waals surface area (Å²) < 4.78 is 57.4. The molecule has 0 spiro atoms. The van der Waals surface area contributed by atoms with Crippen molar-refractivity contribution < 1.29 is 51.5 Å². The minimum atomic E-state index is -1.66. The molecule has 0 unspecified atom stereocenters. The van der Waals surface area contributed by atoms with E-state index in [1.807, 2.05) is 0 Å². The Labute approximate surface area is 224 Å². The number of carboxylic acids is 1. The monoisotopic (exact) mass is 563 g/mol. The average molecular weight is 563 g/mol. The fourth-order valence-corrected chi connectivity index (χ4v) is 4.12. The summed E-state index contributed by atoms with van der Waals surface area (Å²) in [6.45, 7) is 0.0436. The van der Waals surface area contributed by atoms with Gasteiger partial charge in [-0.25, -0.2) is 8.78 Å². The molecule has 0 bridgehead atoms. The Hall–Kier alpha value is -4.46. The molecule has 1 saturated heterocycles. The largest absolute Gasteiger partial charge is 0.481 e. The van der Waals surface area contributed by atoms with Gasteiger partial charge in [0.2, 0.25) is 11.7 Å². The number of hydrogen-bond acceptors (Lipinski definition) is 8. The van der Waals surface area contributed by atoms with Crippen molar-refractivity contribution in [3.63, 3.8) is 0 Å². The van der Waals surface area contributed by atoms with Gasteiger partial charge in [0.05, 0.1) is 30.9 Å². The third kappa shape index (κ3) is 6.22. The SMILES string of the molecule is Cc1cc(F)c(F)c(OCC(=O)[C@H](CC(=O)O)NC(=O)[C@H]2COCCN(C(=O)c3noc4ccccc34)C2)c1F. The number of amides is 2. The van der Waals surface area contributed by atoms with Gasteiger partial charge in [-0.15, -0.1) is 0 Å². The van der Waals surface area contributed by atoms with E-state index in [1.54, 1.807) is 24.3 Å². The molecular formula is C26H24F3N3O8. The van der Waals surface area contributed by atoms with Gasteiger partial charge < -0.3 is 29.3 Å². The van der Waals surface area contributed by atoms with Gasteiger partial charge in [-0.1, -0.05) is 17.3 Å². The van der Waals surface area contributed by atoms with Crippen LogP contribution >= 0.6 is 0 Å². The Bertz CT molecular complexity index is 1430. The average Bonchev–Trinajstić information content (AvgIpc) is 3.19. The Kier molecular flexibility index (Phi) is 8.67. The molecule has 11 nitrogen and oxygen atoms in total. The molecule has 2 atom stereocenters. The maximum absolute atomic E-state index is 14.2. The van der Waals surface area contributed by atoms with Crippen LogP contribution < -0.4 is 10.1 Å². The number of para-hydroxylation sites is 1. The summed E-state index contributed by atoms with van der Waals surface area (Å²) >= 11 is 0. The van der Waals surface area contributed by atoms with Crippen molar-refractivity contribution in [2.24, 2.45) is 5.92 Å². The molecule has 1 aliphatic heterocycles. The Morgan fingerprint density at radius 2 is 1.95 bits per heavy atom. The molecule has 2 aromatic carbocycles. The van der Waals surface area contributed by atoms with E-state index >= 15 is 0 Å². The summed E-state index contributed by atoms with van der Waals surface area (Å²) in [5, 5.41) is 15.9. The zero-order valence-corrected chi connectivity index (χ0v) is 21.1. The molecule has 0 aliphatic carbocycles. The quantitative estimate of drug-likeness (QED) is 0.374. The van der Waals surface area contributed by atoms with Crippen molar-refractivity contribution in [1.29, 1.82) is 0 Å². The Morgan fingerprint density at radius 3 is 2.70 bits per heavy atom. The number of aryl methyl sites for hydroxylation is 1. The van der Waals surface area contributed by atoms with E-state index in [1.165, 1.54) is 4.90 Å². The molecule has 1 aromatic heterocycles. The number of benzene rings is 2. The molecule has 0 saturated carbocycles. The van der Waals surface area contributed by atoms with Gasteiger partial charge in [0.1, 0.15) is 12.6 Å². The van der Waals surface area contributed by atoms with E-state index in [0.717, 1.165) is 6.92 Å². The standard InChI is InChI=1S/C26H24F3N3O8/c1-13-8-16(27)22(29)24(21(13)28)39-12-18(33)17(9-20(34)35)30-25(36)14-10-32(6-7-38-11-14)26(37)23-15-4-2-3-5-19(15)40-31-23/h2-5,8,14,17H,6-7,9-12H2,1H3,(H,30,36)(H,34,35)/t14-,17+/m1/s1. The summed E-state index contributed by atoms with van der Waals surface area (Å²) in [4.78, 5) is 51.7. The number of ether oxygens (including phenoxy) is 2. The van der Waals surface area contributed by atoms with Crippen LogP contribution in [-0.4, -0.2) is 77.7 Å². The first-order valence-corrected chi connectivity index (χ1v) is 12.1. The lowest BCUT2D eigenvalue weighted by atomic mass is 10.1. The second kappa shape index (κ2) is 12.2. The van der Waals surface area contributed by atoms with Crippen LogP contribution in [0.1, 0.15) is 22.5 Å². The molecule has 3 aromatic rings. The van der Waals surface area contributed by atoms with Crippen molar-refractivity contribution in [2.45, 2.75) is 19.4 Å². The van der Waals surface area contributed by atoms with Crippen LogP contribution in [0.2, 0.25) is 0 Å². The van der Waals surface area contributed by atoms with Crippen LogP contribution in [0.3, 0.4) is 0 Å². The highest BCUT2D eigenvalue weighted by Gasteiger charge is 2.33. The number of aliphatic carboxylic acids is 1. The van der Waals surface area contributed by atoms with Gasteiger partial charge in [0.15, 0.2) is 34.4 Å². The summed E-state index contributed by atoms with van der Waals surface area (Å²) in [6.07, 6.45) is -0.873. The molecule has 212 valence electrons. The number of rotatable bonds is 9. The van der Waals surface area contributed by atoms with Crippen molar-refractivity contribution in [3.05, 3.63) is 59.0 Å². The lowest BCUT2D eigenvalue weighted by Crippen LogP contribution is -2.49. The number of nitrogens with one attached hydrogen (secondary N) is 1. The van der Waals surface area contributed by atoms with Gasteiger partial charge in [-0.3, -0.25) is 19.2 Å². The van der Waals surface area contributed by atoms with Gasteiger partial charge in [0.25, 0.3) is 5.91 Å². The van der Waals surface area contributed by atoms with E-state index in [9.17, 15) is 37.5 Å². The number of aromatic nitrogens is 1. The maximum atomic E-state index is 14.2. The number of carbonyl (C=O) groups excluding carboxylic acids is 3. The van der Waals surface area contributed by atoms with Crippen LogP contribution in [0.5, 0.6) is 5.75 Å². The van der Waals surface area contributed by atoms with E-state index in [0.29, 0.717) is 17.0 Å². The van der Waals surface area contributed by atoms with Crippen LogP contribution in [0.25, 0.3) is 11.0 Å². The second-order valence-electron chi connectivity index (χ2n) is 9.10. The molecule has 2 N–H and O–H groups in total. The smallest absolute Gasteiger partial charge is 0.305 e. The second-order valence-corrected chi connectivity index (χ2v) is 9.10. The molecule has 1 aliphatic rings. The highest BCUT2D eigenvalue weighted by molar-refractivity contribution is 6.04. The number of carbonyl (C=O) groups is 4. The molecule has 2 heterocycles. The normalized spacial score (nSPS) is 16.3. The summed E-state index contributed by atoms with van der Waals surface area (Å²) in [6, 6.07) is 5.68. The van der Waals surface area contributed by atoms with Gasteiger partial charge in [0, 0.05) is 13.1 Å². The van der Waals surface area contributed by atoms with Gasteiger partial charge in [-0.2, -0.15) is 4.39 Å². The summed E-state index contributed by atoms with van der Waals surface area (Å²) in [5.41, 5.74) is 0.166. The van der Waals surface area contributed by atoms with E-state index < -0.39 is 71.8 Å². The number of nitrogens with zero attached hydrogens (tertiary/aromatic N) is 2. The van der Waals surface area contributed by atoms with E-state index in [-0.39, 0.29) is 37.6 Å². The highest BCUT2D eigenvalue weighted by Crippen LogP contribution is 2.27. The number of Topliss-reactive ketones (excluding diaryl/α,β-unsaturated/α-hetero) is 1. The van der Waals surface area contributed by atoms with Crippen molar-refractivity contribution >= 4 is 34.5 Å². The number of fused-ring (bicyclic) bond motifs is 1. The van der Waals surface area contributed by atoms with E-state index in [2.05, 4.69) is 10.5 Å². The maximum Gasteiger partial charge on any atom is 0.305 e. The molecule has 4 rings (SSSR count). The third-order valence-electron chi connectivity index (χ3n) is 6.24. The molecular weight excluding hydrogens is 539 g/mol.